The Hall–Kier alpha value is -0.830. The maximum atomic E-state index is 11.1. The quantitative estimate of drug-likeness (QED) is 0.755. The van der Waals surface area contributed by atoms with Crippen LogP contribution in [0.5, 0.6) is 0 Å². The summed E-state index contributed by atoms with van der Waals surface area (Å²) in [6.07, 6.45) is 5.66. The van der Waals surface area contributed by atoms with Crippen LogP contribution >= 0.6 is 11.6 Å². The van der Waals surface area contributed by atoms with Gasteiger partial charge in [0, 0.05) is 5.92 Å². The normalized spacial score (nSPS) is 22.1. The van der Waals surface area contributed by atoms with E-state index in [0.717, 1.165) is 24.8 Å². The lowest BCUT2D eigenvalue weighted by Gasteiger charge is -2.11. The summed E-state index contributed by atoms with van der Waals surface area (Å²) >= 11 is 6.24. The van der Waals surface area contributed by atoms with Gasteiger partial charge in [-0.15, -0.1) is 0 Å². The standard InChI is InChI=1S/C12H15ClN2O/c1-7(8-2-3-8)15-12(13)10(6-16)11(14-15)9-4-5-9/h6-9H,2-5H2,1H3. The van der Waals surface area contributed by atoms with Gasteiger partial charge in [0.1, 0.15) is 5.15 Å². The smallest absolute Gasteiger partial charge is 0.155 e. The fourth-order valence-electron chi connectivity index (χ4n) is 2.26. The van der Waals surface area contributed by atoms with Gasteiger partial charge in [-0.2, -0.15) is 5.10 Å². The number of halogens is 1. The maximum absolute atomic E-state index is 11.1. The molecule has 4 heteroatoms. The van der Waals surface area contributed by atoms with E-state index in [0.29, 0.717) is 28.6 Å². The highest BCUT2D eigenvalue weighted by Crippen LogP contribution is 2.45. The first-order chi connectivity index (χ1) is 7.72. The lowest BCUT2D eigenvalue weighted by Crippen LogP contribution is -2.09. The molecule has 0 aromatic carbocycles. The number of nitrogens with zero attached hydrogens (tertiary/aromatic N) is 2. The van der Waals surface area contributed by atoms with E-state index in [-0.39, 0.29) is 0 Å². The summed E-state index contributed by atoms with van der Waals surface area (Å²) in [7, 11) is 0. The van der Waals surface area contributed by atoms with E-state index in [4.69, 9.17) is 11.6 Å². The number of hydrogen-bond donors (Lipinski definition) is 0. The molecule has 0 aliphatic heterocycles. The monoisotopic (exact) mass is 238 g/mol. The van der Waals surface area contributed by atoms with E-state index < -0.39 is 0 Å². The number of aromatic nitrogens is 2. The van der Waals surface area contributed by atoms with Gasteiger partial charge in [0.05, 0.1) is 17.3 Å². The summed E-state index contributed by atoms with van der Waals surface area (Å²) < 4.78 is 1.86. The van der Waals surface area contributed by atoms with Crippen molar-refractivity contribution in [2.24, 2.45) is 5.92 Å². The SMILES string of the molecule is CC(C1CC1)n1nc(C2CC2)c(C=O)c1Cl. The Labute approximate surface area is 99.8 Å². The molecule has 2 aliphatic carbocycles. The summed E-state index contributed by atoms with van der Waals surface area (Å²) in [5, 5.41) is 5.10. The first-order valence-corrected chi connectivity index (χ1v) is 6.33. The van der Waals surface area contributed by atoms with Gasteiger partial charge in [-0.25, -0.2) is 4.68 Å². The van der Waals surface area contributed by atoms with E-state index in [1.165, 1.54) is 12.8 Å². The van der Waals surface area contributed by atoms with Crippen LogP contribution in [0, 0.1) is 5.92 Å². The van der Waals surface area contributed by atoms with E-state index in [2.05, 4.69) is 12.0 Å². The fourth-order valence-corrected chi connectivity index (χ4v) is 2.59. The minimum absolute atomic E-state index is 0.332. The Morgan fingerprint density at radius 3 is 2.62 bits per heavy atom. The minimum atomic E-state index is 0.332. The molecule has 2 saturated carbocycles. The number of carbonyl (C=O) groups is 1. The third kappa shape index (κ3) is 1.58. The number of aldehydes is 1. The molecule has 1 heterocycles. The van der Waals surface area contributed by atoms with Gasteiger partial charge in [0.25, 0.3) is 0 Å². The molecule has 86 valence electrons. The highest BCUT2D eigenvalue weighted by atomic mass is 35.5. The predicted molar refractivity (Wildman–Crippen MR) is 62.0 cm³/mol. The Morgan fingerprint density at radius 1 is 1.44 bits per heavy atom. The zero-order valence-corrected chi connectivity index (χ0v) is 10.1. The zero-order chi connectivity index (χ0) is 11.3. The van der Waals surface area contributed by atoms with Crippen LogP contribution in [-0.2, 0) is 0 Å². The highest BCUT2D eigenvalue weighted by Gasteiger charge is 2.35. The molecule has 1 aromatic heterocycles. The largest absolute Gasteiger partial charge is 0.298 e. The van der Waals surface area contributed by atoms with Crippen molar-refractivity contribution in [2.45, 2.75) is 44.6 Å². The molecule has 1 unspecified atom stereocenters. The minimum Gasteiger partial charge on any atom is -0.298 e. The van der Waals surface area contributed by atoms with Crippen molar-refractivity contribution < 1.29 is 4.79 Å². The second kappa shape index (κ2) is 3.59. The summed E-state index contributed by atoms with van der Waals surface area (Å²) in [6, 6.07) is 0.332. The van der Waals surface area contributed by atoms with Gasteiger partial charge in [-0.05, 0) is 38.5 Å². The van der Waals surface area contributed by atoms with Crippen molar-refractivity contribution in [3.63, 3.8) is 0 Å². The molecule has 0 radical (unpaired) electrons. The van der Waals surface area contributed by atoms with Crippen LogP contribution in [0.3, 0.4) is 0 Å². The average molecular weight is 239 g/mol. The van der Waals surface area contributed by atoms with Crippen LogP contribution in [0.1, 0.15) is 60.6 Å². The Kier molecular flexibility index (Phi) is 2.32. The predicted octanol–water partition coefficient (Wildman–Crippen LogP) is 3.20. The molecule has 0 bridgehead atoms. The van der Waals surface area contributed by atoms with Crippen molar-refractivity contribution in [3.8, 4) is 0 Å². The van der Waals surface area contributed by atoms with E-state index in [1.807, 2.05) is 4.68 Å². The van der Waals surface area contributed by atoms with Gasteiger partial charge < -0.3 is 0 Å². The highest BCUT2D eigenvalue weighted by molar-refractivity contribution is 6.32. The summed E-state index contributed by atoms with van der Waals surface area (Å²) in [5.41, 5.74) is 1.55. The van der Waals surface area contributed by atoms with Crippen LogP contribution in [-0.4, -0.2) is 16.1 Å². The summed E-state index contributed by atoms with van der Waals surface area (Å²) in [5.74, 6) is 1.18. The van der Waals surface area contributed by atoms with Gasteiger partial charge in [-0.3, -0.25) is 4.79 Å². The van der Waals surface area contributed by atoms with Crippen molar-refractivity contribution >= 4 is 17.9 Å². The van der Waals surface area contributed by atoms with Gasteiger partial charge in [0.2, 0.25) is 0 Å². The molecular weight excluding hydrogens is 224 g/mol. The second-order valence-corrected chi connectivity index (χ2v) is 5.36. The molecule has 3 nitrogen and oxygen atoms in total. The number of rotatable bonds is 4. The Balaban J connectivity index is 2.00. The van der Waals surface area contributed by atoms with Gasteiger partial charge >= 0.3 is 0 Å². The lowest BCUT2D eigenvalue weighted by atomic mass is 10.2. The first-order valence-electron chi connectivity index (χ1n) is 5.95. The second-order valence-electron chi connectivity index (χ2n) is 5.00. The number of carbonyl (C=O) groups excluding carboxylic acids is 1. The maximum Gasteiger partial charge on any atom is 0.155 e. The van der Waals surface area contributed by atoms with Gasteiger partial charge in [0.15, 0.2) is 6.29 Å². The van der Waals surface area contributed by atoms with Crippen LogP contribution < -0.4 is 0 Å². The number of hydrogen-bond acceptors (Lipinski definition) is 2. The third-order valence-corrected chi connectivity index (χ3v) is 4.06. The van der Waals surface area contributed by atoms with Crippen LogP contribution in [0.15, 0.2) is 0 Å². The molecule has 0 spiro atoms. The zero-order valence-electron chi connectivity index (χ0n) is 9.32. The van der Waals surface area contributed by atoms with Crippen molar-refractivity contribution in [1.82, 2.24) is 9.78 Å². The lowest BCUT2D eigenvalue weighted by molar-refractivity contribution is 0.112. The molecule has 0 saturated heterocycles. The van der Waals surface area contributed by atoms with Crippen molar-refractivity contribution in [3.05, 3.63) is 16.4 Å². The van der Waals surface area contributed by atoms with Crippen LogP contribution in [0.25, 0.3) is 0 Å². The molecule has 2 fully saturated rings. The Bertz CT molecular complexity index is 432. The molecule has 0 N–H and O–H groups in total. The summed E-state index contributed by atoms with van der Waals surface area (Å²) in [6.45, 7) is 2.14. The average Bonchev–Trinajstić information content (AvgIpc) is 3.15. The molecule has 16 heavy (non-hydrogen) atoms. The van der Waals surface area contributed by atoms with E-state index in [1.54, 1.807) is 0 Å². The molecule has 0 amide bonds. The molecular formula is C12H15ClN2O. The van der Waals surface area contributed by atoms with Crippen molar-refractivity contribution in [1.29, 1.82) is 0 Å². The van der Waals surface area contributed by atoms with Crippen LogP contribution in [0.4, 0.5) is 0 Å². The topological polar surface area (TPSA) is 34.9 Å². The molecule has 1 atom stereocenters. The third-order valence-electron chi connectivity index (χ3n) is 3.69. The molecule has 3 rings (SSSR count). The van der Waals surface area contributed by atoms with E-state index >= 15 is 0 Å². The molecule has 1 aromatic rings. The molecule has 2 aliphatic rings. The fraction of sp³-hybridized carbons (Fsp3) is 0.667. The van der Waals surface area contributed by atoms with Crippen molar-refractivity contribution in [2.75, 3.05) is 0 Å². The van der Waals surface area contributed by atoms with Crippen LogP contribution in [0.2, 0.25) is 5.15 Å². The Morgan fingerprint density at radius 2 is 2.12 bits per heavy atom. The van der Waals surface area contributed by atoms with Gasteiger partial charge in [-0.1, -0.05) is 11.6 Å². The van der Waals surface area contributed by atoms with E-state index in [9.17, 15) is 4.79 Å². The summed E-state index contributed by atoms with van der Waals surface area (Å²) in [4.78, 5) is 11.1. The first kappa shape index (κ1) is 10.3.